The maximum absolute atomic E-state index is 13.1. The van der Waals surface area contributed by atoms with Crippen molar-refractivity contribution in [3.05, 3.63) is 71.7 Å². The highest BCUT2D eigenvalue weighted by atomic mass is 16.7. The second kappa shape index (κ2) is 8.16. The maximum atomic E-state index is 13.1. The van der Waals surface area contributed by atoms with Crippen molar-refractivity contribution in [2.45, 2.75) is 18.9 Å². The third-order valence-electron chi connectivity index (χ3n) is 6.79. The highest BCUT2D eigenvalue weighted by Gasteiger charge is 2.37. The highest BCUT2D eigenvalue weighted by molar-refractivity contribution is 6.00. The predicted molar refractivity (Wildman–Crippen MR) is 128 cm³/mol. The maximum Gasteiger partial charge on any atom is 0.231 e. The van der Waals surface area contributed by atoms with E-state index in [0.29, 0.717) is 23.8 Å². The number of nitrogens with zero attached hydrogens (tertiary/aromatic N) is 2. The van der Waals surface area contributed by atoms with E-state index in [9.17, 15) is 4.79 Å². The van der Waals surface area contributed by atoms with Crippen LogP contribution in [0.3, 0.4) is 0 Å². The highest BCUT2D eigenvalue weighted by Crippen LogP contribution is 2.46. The third kappa shape index (κ3) is 3.24. The number of ether oxygens (including phenoxy) is 4. The van der Waals surface area contributed by atoms with Crippen LogP contribution in [0.1, 0.15) is 22.6 Å². The smallest absolute Gasteiger partial charge is 0.231 e. The number of benzene rings is 2. The molecule has 176 valence electrons. The zero-order chi connectivity index (χ0) is 24.1. The zero-order valence-corrected chi connectivity index (χ0v) is 19.4. The lowest BCUT2D eigenvalue weighted by atomic mass is 9.82. The Labute approximate surface area is 201 Å². The normalized spacial score (nSPS) is 14.2. The molecule has 8 heteroatoms. The van der Waals surface area contributed by atoms with Crippen LogP contribution in [0.15, 0.2) is 55.0 Å². The third-order valence-corrected chi connectivity index (χ3v) is 6.79. The summed E-state index contributed by atoms with van der Waals surface area (Å²) in [5, 5.41) is 1.70. The minimum absolute atomic E-state index is 0.195. The van der Waals surface area contributed by atoms with Crippen LogP contribution in [-0.2, 0) is 17.8 Å². The number of aryl methyl sites for hydroxylation is 2. The first kappa shape index (κ1) is 21.2. The number of amides is 1. The van der Waals surface area contributed by atoms with Crippen LogP contribution in [-0.4, -0.2) is 31.9 Å². The van der Waals surface area contributed by atoms with Gasteiger partial charge in [-0.3, -0.25) is 9.78 Å². The van der Waals surface area contributed by atoms with E-state index in [4.69, 9.17) is 24.7 Å². The largest absolute Gasteiger partial charge is 0.493 e. The number of hydrogen-bond acceptors (Lipinski definition) is 6. The van der Waals surface area contributed by atoms with Gasteiger partial charge in [-0.15, -0.1) is 0 Å². The number of hydrogen-bond donors (Lipinski definition) is 1. The van der Waals surface area contributed by atoms with E-state index in [2.05, 4.69) is 15.7 Å². The van der Waals surface area contributed by atoms with E-state index < -0.39 is 11.8 Å². The topological polar surface area (TPSA) is 96.8 Å². The van der Waals surface area contributed by atoms with Gasteiger partial charge in [0.1, 0.15) is 0 Å². The number of primary amides is 1. The lowest BCUT2D eigenvalue weighted by Gasteiger charge is -2.24. The number of pyridine rings is 2. The summed E-state index contributed by atoms with van der Waals surface area (Å²) >= 11 is 0. The van der Waals surface area contributed by atoms with E-state index in [-0.39, 0.29) is 6.79 Å². The summed E-state index contributed by atoms with van der Waals surface area (Å²) < 4.78 is 24.8. The Morgan fingerprint density at radius 2 is 1.83 bits per heavy atom. The second-order valence-electron chi connectivity index (χ2n) is 8.58. The van der Waals surface area contributed by atoms with Crippen molar-refractivity contribution >= 4 is 16.7 Å². The molecule has 4 heterocycles. The quantitative estimate of drug-likeness (QED) is 0.450. The van der Waals surface area contributed by atoms with E-state index in [1.54, 1.807) is 26.6 Å². The molecule has 2 aliphatic heterocycles. The summed E-state index contributed by atoms with van der Waals surface area (Å²) in [5.74, 6) is 1.50. The summed E-state index contributed by atoms with van der Waals surface area (Å²) in [5.41, 5.74) is 10.7. The average Bonchev–Trinajstić information content (AvgIpc) is 3.34. The Hall–Kier alpha value is -4.33. The minimum atomic E-state index is -0.711. The number of carbonyl (C=O) groups is 1. The van der Waals surface area contributed by atoms with Gasteiger partial charge in [-0.1, -0.05) is 0 Å². The van der Waals surface area contributed by atoms with Crippen LogP contribution in [0, 0.1) is 0 Å². The van der Waals surface area contributed by atoms with Crippen LogP contribution in [0.4, 0.5) is 0 Å². The fraction of sp³-hybridized carbons (Fsp3) is 0.222. The lowest BCUT2D eigenvalue weighted by molar-refractivity contribution is -0.686. The van der Waals surface area contributed by atoms with Crippen molar-refractivity contribution in [3.63, 3.8) is 0 Å². The standard InChI is InChI=1S/C27H23N3O5/c1-32-20-4-3-17-19(26(20)33-2)13-30-10-7-16-11-21-22(35-14-34-21)12-18(16)25(30)24(17)23(27(28)31)15-5-8-29-9-6-15/h3-6,8-9,11-13,23H,7,10,14H2,1-2H3,(H-,28,31)/p+1. The van der Waals surface area contributed by atoms with Crippen molar-refractivity contribution < 1.29 is 28.3 Å². The minimum Gasteiger partial charge on any atom is -0.493 e. The summed E-state index contributed by atoms with van der Waals surface area (Å²) in [4.78, 5) is 17.2. The fourth-order valence-electron chi connectivity index (χ4n) is 5.27. The van der Waals surface area contributed by atoms with Gasteiger partial charge in [0, 0.05) is 29.8 Å². The Bertz CT molecular complexity index is 1490. The molecule has 8 nitrogen and oxygen atoms in total. The van der Waals surface area contributed by atoms with E-state index in [1.807, 2.05) is 36.4 Å². The molecule has 2 aromatic carbocycles. The molecule has 6 rings (SSSR count). The van der Waals surface area contributed by atoms with Gasteiger partial charge in [-0.2, -0.15) is 4.57 Å². The molecule has 2 aliphatic rings. The van der Waals surface area contributed by atoms with Gasteiger partial charge in [0.25, 0.3) is 0 Å². The molecule has 0 saturated carbocycles. The van der Waals surface area contributed by atoms with Crippen LogP contribution in [0.25, 0.3) is 22.0 Å². The first-order chi connectivity index (χ1) is 17.1. The molecule has 4 aromatic rings. The molecule has 0 aliphatic carbocycles. The summed E-state index contributed by atoms with van der Waals surface area (Å²) in [6, 6.07) is 11.5. The average molecular weight is 471 g/mol. The monoisotopic (exact) mass is 470 g/mol. The second-order valence-corrected chi connectivity index (χ2v) is 8.58. The molecule has 0 radical (unpaired) electrons. The summed E-state index contributed by atoms with van der Waals surface area (Å²) in [6.45, 7) is 0.911. The first-order valence-electron chi connectivity index (χ1n) is 11.3. The molecule has 35 heavy (non-hydrogen) atoms. The molecule has 0 saturated heterocycles. The van der Waals surface area contributed by atoms with Gasteiger partial charge in [-0.25, -0.2) is 0 Å². The van der Waals surface area contributed by atoms with Crippen LogP contribution in [0.2, 0.25) is 0 Å². The first-order valence-corrected chi connectivity index (χ1v) is 11.3. The Morgan fingerprint density at radius 1 is 1.06 bits per heavy atom. The molecule has 2 N–H and O–H groups in total. The van der Waals surface area contributed by atoms with Gasteiger partial charge in [0.15, 0.2) is 35.7 Å². The van der Waals surface area contributed by atoms with Gasteiger partial charge in [0.2, 0.25) is 18.4 Å². The van der Waals surface area contributed by atoms with E-state index >= 15 is 0 Å². The Balaban J connectivity index is 1.75. The molecule has 1 unspecified atom stereocenters. The van der Waals surface area contributed by atoms with Crippen molar-refractivity contribution in [2.75, 3.05) is 21.0 Å². The zero-order valence-electron chi connectivity index (χ0n) is 19.4. The molecule has 0 spiro atoms. The van der Waals surface area contributed by atoms with Gasteiger partial charge >= 0.3 is 0 Å². The number of rotatable bonds is 5. The SMILES string of the molecule is COc1ccc2c(C(C(N)=O)c3ccncc3)c3[n+](cc2c1OC)CCc1cc2c(cc1-3)OCO2. The molecular formula is C27H24N3O5+. The van der Waals surface area contributed by atoms with Crippen molar-refractivity contribution in [3.8, 4) is 34.3 Å². The van der Waals surface area contributed by atoms with Gasteiger partial charge < -0.3 is 24.7 Å². The van der Waals surface area contributed by atoms with E-state index in [1.165, 1.54) is 0 Å². The lowest BCUT2D eigenvalue weighted by Crippen LogP contribution is -2.42. The number of aromatic nitrogens is 2. The Kier molecular flexibility index (Phi) is 4.95. The predicted octanol–water partition coefficient (Wildman–Crippen LogP) is 3.11. The van der Waals surface area contributed by atoms with Crippen LogP contribution in [0.5, 0.6) is 23.0 Å². The molecule has 0 fully saturated rings. The van der Waals surface area contributed by atoms with Gasteiger partial charge in [0.05, 0.1) is 31.1 Å². The molecule has 1 atom stereocenters. The van der Waals surface area contributed by atoms with Gasteiger partial charge in [-0.05, 0) is 47.5 Å². The number of nitrogens with two attached hydrogens (primary N) is 1. The number of carbonyl (C=O) groups excluding carboxylic acids is 1. The van der Waals surface area contributed by atoms with Crippen molar-refractivity contribution in [2.24, 2.45) is 5.73 Å². The Morgan fingerprint density at radius 3 is 2.54 bits per heavy atom. The van der Waals surface area contributed by atoms with Crippen LogP contribution >= 0.6 is 0 Å². The number of methoxy groups -OCH3 is 2. The molecule has 0 bridgehead atoms. The molecule has 1 amide bonds. The van der Waals surface area contributed by atoms with E-state index in [0.717, 1.165) is 50.9 Å². The summed E-state index contributed by atoms with van der Waals surface area (Å²) in [7, 11) is 3.23. The van der Waals surface area contributed by atoms with Crippen molar-refractivity contribution in [1.29, 1.82) is 0 Å². The van der Waals surface area contributed by atoms with Crippen LogP contribution < -0.4 is 29.2 Å². The molecule has 2 aromatic heterocycles. The fourth-order valence-corrected chi connectivity index (χ4v) is 5.27. The molecular weight excluding hydrogens is 446 g/mol. The number of fused-ring (bicyclic) bond motifs is 5. The van der Waals surface area contributed by atoms with Crippen molar-refractivity contribution in [1.82, 2.24) is 4.98 Å². The summed E-state index contributed by atoms with van der Waals surface area (Å²) in [6.07, 6.45) is 6.21.